The molecule has 0 aliphatic rings. The zero-order chi connectivity index (χ0) is 13.6. The van der Waals surface area contributed by atoms with Gasteiger partial charge in [-0.25, -0.2) is 12.7 Å². The zero-order valence-electron chi connectivity index (χ0n) is 11.0. The van der Waals surface area contributed by atoms with E-state index in [-0.39, 0.29) is 5.92 Å². The fourth-order valence-electron chi connectivity index (χ4n) is 1.60. The van der Waals surface area contributed by atoms with Crippen LogP contribution in [0.1, 0.15) is 40.5 Å². The van der Waals surface area contributed by atoms with Crippen LogP contribution in [0.25, 0.3) is 0 Å². The minimum absolute atomic E-state index is 0.283. The Hall–Kier alpha value is -0.620. The first kappa shape index (κ1) is 16.4. The first-order valence-electron chi connectivity index (χ1n) is 6.02. The van der Waals surface area contributed by atoms with Crippen LogP contribution in [0.15, 0.2) is 0 Å². The fourth-order valence-corrected chi connectivity index (χ4v) is 3.08. The summed E-state index contributed by atoms with van der Waals surface area (Å²) >= 11 is 0. The average molecular weight is 265 g/mol. The SMILES string of the molecule is CCC(CC)CN(CC)S(=O)(=O)C(C)C(=O)O. The number of carboxylic acid groups (broad SMARTS) is 1. The van der Waals surface area contributed by atoms with Crippen molar-refractivity contribution in [1.29, 1.82) is 0 Å². The van der Waals surface area contributed by atoms with Gasteiger partial charge in [0, 0.05) is 13.1 Å². The maximum absolute atomic E-state index is 12.0. The summed E-state index contributed by atoms with van der Waals surface area (Å²) < 4.78 is 25.3. The van der Waals surface area contributed by atoms with Gasteiger partial charge in [-0.15, -0.1) is 0 Å². The Morgan fingerprint density at radius 2 is 1.71 bits per heavy atom. The number of hydrogen-bond donors (Lipinski definition) is 1. The monoisotopic (exact) mass is 265 g/mol. The number of aliphatic carboxylic acids is 1. The van der Waals surface area contributed by atoms with Crippen LogP contribution in [-0.2, 0) is 14.8 Å². The smallest absolute Gasteiger partial charge is 0.323 e. The minimum atomic E-state index is -3.73. The lowest BCUT2D eigenvalue weighted by Gasteiger charge is -2.26. The molecule has 1 unspecified atom stereocenters. The number of nitrogens with zero attached hydrogens (tertiary/aromatic N) is 1. The van der Waals surface area contributed by atoms with Gasteiger partial charge in [-0.05, 0) is 12.8 Å². The third-order valence-corrected chi connectivity index (χ3v) is 5.35. The van der Waals surface area contributed by atoms with Gasteiger partial charge in [0.15, 0.2) is 5.25 Å². The molecule has 0 saturated heterocycles. The molecule has 0 heterocycles. The van der Waals surface area contributed by atoms with Crippen LogP contribution in [0.4, 0.5) is 0 Å². The van der Waals surface area contributed by atoms with Gasteiger partial charge in [-0.3, -0.25) is 4.79 Å². The van der Waals surface area contributed by atoms with Crippen molar-refractivity contribution >= 4 is 16.0 Å². The van der Waals surface area contributed by atoms with Crippen LogP contribution < -0.4 is 0 Å². The first-order chi connectivity index (χ1) is 7.81. The van der Waals surface area contributed by atoms with Gasteiger partial charge < -0.3 is 5.11 Å². The van der Waals surface area contributed by atoms with Crippen molar-refractivity contribution in [1.82, 2.24) is 4.31 Å². The van der Waals surface area contributed by atoms with E-state index in [9.17, 15) is 13.2 Å². The van der Waals surface area contributed by atoms with E-state index in [1.807, 2.05) is 13.8 Å². The summed E-state index contributed by atoms with van der Waals surface area (Å²) in [6, 6.07) is 0. The van der Waals surface area contributed by atoms with Gasteiger partial charge in [-0.2, -0.15) is 0 Å². The Morgan fingerprint density at radius 3 is 2.00 bits per heavy atom. The molecule has 0 rings (SSSR count). The fraction of sp³-hybridized carbons (Fsp3) is 0.909. The van der Waals surface area contributed by atoms with E-state index in [2.05, 4.69) is 0 Å². The molecule has 0 spiro atoms. The summed E-state index contributed by atoms with van der Waals surface area (Å²) in [7, 11) is -3.73. The van der Waals surface area contributed by atoms with E-state index < -0.39 is 21.2 Å². The molecule has 0 radical (unpaired) electrons. The van der Waals surface area contributed by atoms with Crippen LogP contribution in [0.5, 0.6) is 0 Å². The normalized spacial score (nSPS) is 14.2. The molecule has 0 aliphatic heterocycles. The maximum Gasteiger partial charge on any atom is 0.323 e. The van der Waals surface area contributed by atoms with Crippen LogP contribution >= 0.6 is 0 Å². The maximum atomic E-state index is 12.0. The largest absolute Gasteiger partial charge is 0.480 e. The predicted octanol–water partition coefficient (Wildman–Crippen LogP) is 1.55. The second kappa shape index (κ2) is 6.96. The molecular formula is C11H23NO4S. The summed E-state index contributed by atoms with van der Waals surface area (Å²) in [5.41, 5.74) is 0. The molecule has 0 amide bonds. The Bertz CT molecular complexity index is 335. The van der Waals surface area contributed by atoms with Crippen molar-refractivity contribution in [2.24, 2.45) is 5.92 Å². The molecule has 0 aromatic carbocycles. The standard InChI is InChI=1S/C11H23NO4S/c1-5-10(6-2)8-12(7-3)17(15,16)9(4)11(13)14/h9-10H,5-8H2,1-4H3,(H,13,14). The van der Waals surface area contributed by atoms with Crippen molar-refractivity contribution < 1.29 is 18.3 Å². The highest BCUT2D eigenvalue weighted by Gasteiger charge is 2.33. The molecule has 102 valence electrons. The lowest BCUT2D eigenvalue weighted by Crippen LogP contribution is -2.43. The Kier molecular flexibility index (Phi) is 6.70. The quantitative estimate of drug-likeness (QED) is 0.722. The number of rotatable bonds is 8. The highest BCUT2D eigenvalue weighted by molar-refractivity contribution is 7.90. The van der Waals surface area contributed by atoms with E-state index in [1.165, 1.54) is 11.2 Å². The molecule has 0 aromatic heterocycles. The molecule has 0 aliphatic carbocycles. The molecule has 17 heavy (non-hydrogen) atoms. The second-order valence-electron chi connectivity index (χ2n) is 4.16. The Morgan fingerprint density at radius 1 is 1.24 bits per heavy atom. The van der Waals surface area contributed by atoms with E-state index in [0.29, 0.717) is 13.1 Å². The van der Waals surface area contributed by atoms with E-state index >= 15 is 0 Å². The molecule has 0 aromatic rings. The topological polar surface area (TPSA) is 74.7 Å². The number of carbonyl (C=O) groups is 1. The summed E-state index contributed by atoms with van der Waals surface area (Å²) in [5, 5.41) is 7.43. The molecular weight excluding hydrogens is 242 g/mol. The third kappa shape index (κ3) is 4.27. The Balaban J connectivity index is 4.93. The number of hydrogen-bond acceptors (Lipinski definition) is 3. The van der Waals surface area contributed by atoms with Gasteiger partial charge in [0.25, 0.3) is 0 Å². The van der Waals surface area contributed by atoms with Gasteiger partial charge in [0.05, 0.1) is 0 Å². The van der Waals surface area contributed by atoms with E-state index in [1.54, 1.807) is 6.92 Å². The minimum Gasteiger partial charge on any atom is -0.480 e. The van der Waals surface area contributed by atoms with E-state index in [4.69, 9.17) is 5.11 Å². The summed E-state index contributed by atoms with van der Waals surface area (Å²) in [5.74, 6) is -1.02. The number of carboxylic acids is 1. The summed E-state index contributed by atoms with van der Waals surface area (Å²) in [6.45, 7) is 7.69. The molecule has 0 saturated carbocycles. The molecule has 0 fully saturated rings. The van der Waals surface area contributed by atoms with Crippen LogP contribution in [0, 0.1) is 5.92 Å². The third-order valence-electron chi connectivity index (χ3n) is 3.12. The molecule has 5 nitrogen and oxygen atoms in total. The zero-order valence-corrected chi connectivity index (χ0v) is 11.8. The average Bonchev–Trinajstić information content (AvgIpc) is 2.29. The lowest BCUT2D eigenvalue weighted by molar-refractivity contribution is -0.136. The van der Waals surface area contributed by atoms with Crippen LogP contribution in [0.2, 0.25) is 0 Å². The molecule has 1 N–H and O–H groups in total. The molecule has 0 bridgehead atoms. The first-order valence-corrected chi connectivity index (χ1v) is 7.53. The van der Waals surface area contributed by atoms with E-state index in [0.717, 1.165) is 12.8 Å². The van der Waals surface area contributed by atoms with Crippen molar-refractivity contribution in [3.05, 3.63) is 0 Å². The predicted molar refractivity (Wildman–Crippen MR) is 67.3 cm³/mol. The highest BCUT2D eigenvalue weighted by Crippen LogP contribution is 2.16. The van der Waals surface area contributed by atoms with Crippen LogP contribution in [-0.4, -0.2) is 42.1 Å². The van der Waals surface area contributed by atoms with Crippen molar-refractivity contribution in [3.8, 4) is 0 Å². The summed E-state index contributed by atoms with van der Waals surface area (Å²) in [6.07, 6.45) is 1.79. The van der Waals surface area contributed by atoms with Gasteiger partial charge in [0.2, 0.25) is 10.0 Å². The second-order valence-corrected chi connectivity index (χ2v) is 6.41. The van der Waals surface area contributed by atoms with Crippen molar-refractivity contribution in [2.45, 2.75) is 45.8 Å². The lowest BCUT2D eigenvalue weighted by atomic mass is 10.0. The van der Waals surface area contributed by atoms with Crippen molar-refractivity contribution in [3.63, 3.8) is 0 Å². The molecule has 1 atom stereocenters. The van der Waals surface area contributed by atoms with Crippen LogP contribution in [0.3, 0.4) is 0 Å². The molecule has 6 heteroatoms. The highest BCUT2D eigenvalue weighted by atomic mass is 32.2. The van der Waals surface area contributed by atoms with Gasteiger partial charge in [-0.1, -0.05) is 33.6 Å². The van der Waals surface area contributed by atoms with Crippen molar-refractivity contribution in [2.75, 3.05) is 13.1 Å². The van der Waals surface area contributed by atoms with Gasteiger partial charge >= 0.3 is 5.97 Å². The summed E-state index contributed by atoms with van der Waals surface area (Å²) in [4.78, 5) is 10.8. The Labute approximate surface area is 104 Å². The number of sulfonamides is 1. The van der Waals surface area contributed by atoms with Gasteiger partial charge in [0.1, 0.15) is 0 Å².